The third-order valence-electron chi connectivity index (χ3n) is 7.38. The Balaban J connectivity index is 1.48. The van der Waals surface area contributed by atoms with Gasteiger partial charge in [-0.15, -0.1) is 0 Å². The standard InChI is InChI=1S/C32H44N6O4/c1-32(2,31(39)40)42-24-12-10-11-23(21-24)22-37(19-18-36(3)4)16-8-9-17-38-27(15-20-41-5)35-28-29(38)25-13-6-7-14-26(25)34-30(28)33/h6-7,10-14,21H,8-9,15-20,22H2,1-5H3,(H2,33,34)(H,39,40). The first-order valence-electron chi connectivity index (χ1n) is 14.5. The van der Waals surface area contributed by atoms with E-state index in [1.165, 1.54) is 0 Å². The molecule has 42 heavy (non-hydrogen) atoms. The number of hydrogen-bond donors (Lipinski definition) is 2. The third kappa shape index (κ3) is 7.76. The number of anilines is 1. The van der Waals surface area contributed by atoms with Gasteiger partial charge in [0.25, 0.3) is 0 Å². The highest BCUT2D eigenvalue weighted by Gasteiger charge is 2.29. The van der Waals surface area contributed by atoms with Crippen molar-refractivity contribution in [3.63, 3.8) is 0 Å². The van der Waals surface area contributed by atoms with Crippen LogP contribution in [0.15, 0.2) is 48.5 Å². The van der Waals surface area contributed by atoms with E-state index in [1.54, 1.807) is 27.0 Å². The summed E-state index contributed by atoms with van der Waals surface area (Å²) in [5, 5.41) is 10.5. The van der Waals surface area contributed by atoms with Gasteiger partial charge in [0, 0.05) is 45.1 Å². The lowest BCUT2D eigenvalue weighted by Crippen LogP contribution is -2.37. The number of para-hydroxylation sites is 1. The van der Waals surface area contributed by atoms with Crippen molar-refractivity contribution < 1.29 is 19.4 Å². The second-order valence-electron chi connectivity index (χ2n) is 11.5. The molecule has 3 N–H and O–H groups in total. The number of aliphatic carboxylic acids is 1. The van der Waals surface area contributed by atoms with Crippen molar-refractivity contribution in [3.8, 4) is 5.75 Å². The average Bonchev–Trinajstić information content (AvgIpc) is 3.31. The zero-order valence-electron chi connectivity index (χ0n) is 25.5. The monoisotopic (exact) mass is 576 g/mol. The number of unbranched alkanes of at least 4 members (excludes halogenated alkanes) is 1. The molecule has 10 nitrogen and oxygen atoms in total. The summed E-state index contributed by atoms with van der Waals surface area (Å²) >= 11 is 0. The van der Waals surface area contributed by atoms with Crippen molar-refractivity contribution in [2.75, 3.05) is 53.2 Å². The second-order valence-corrected chi connectivity index (χ2v) is 11.5. The lowest BCUT2D eigenvalue weighted by Gasteiger charge is -2.25. The fourth-order valence-electron chi connectivity index (χ4n) is 5.05. The highest BCUT2D eigenvalue weighted by atomic mass is 16.5. The van der Waals surface area contributed by atoms with Crippen LogP contribution < -0.4 is 10.5 Å². The smallest absolute Gasteiger partial charge is 0.347 e. The summed E-state index contributed by atoms with van der Waals surface area (Å²) in [4.78, 5) is 25.6. The van der Waals surface area contributed by atoms with Crippen LogP contribution in [0.5, 0.6) is 5.75 Å². The number of ether oxygens (including phenoxy) is 2. The molecule has 2 heterocycles. The lowest BCUT2D eigenvalue weighted by molar-refractivity contribution is -0.152. The maximum Gasteiger partial charge on any atom is 0.347 e. The number of nitrogen functional groups attached to an aromatic ring is 1. The number of rotatable bonds is 16. The Kier molecular flexibility index (Phi) is 10.4. The number of carboxylic acid groups (broad SMARTS) is 1. The number of aromatic nitrogens is 3. The molecule has 0 aliphatic rings. The summed E-state index contributed by atoms with van der Waals surface area (Å²) in [6, 6.07) is 15.8. The van der Waals surface area contributed by atoms with Crippen LogP contribution in [0.3, 0.4) is 0 Å². The van der Waals surface area contributed by atoms with E-state index in [9.17, 15) is 9.90 Å². The molecule has 0 atom stereocenters. The van der Waals surface area contributed by atoms with Crippen LogP contribution >= 0.6 is 0 Å². The van der Waals surface area contributed by atoms with Gasteiger partial charge in [0.15, 0.2) is 11.4 Å². The molecule has 0 unspecified atom stereocenters. The number of methoxy groups -OCH3 is 1. The summed E-state index contributed by atoms with van der Waals surface area (Å²) in [6.07, 6.45) is 2.67. The molecule has 0 radical (unpaired) electrons. The molecule has 0 aliphatic heterocycles. The molecule has 4 aromatic rings. The number of carbonyl (C=O) groups is 1. The van der Waals surface area contributed by atoms with E-state index >= 15 is 0 Å². The molecule has 0 saturated carbocycles. The molecule has 0 aliphatic carbocycles. The molecule has 2 aromatic heterocycles. The van der Waals surface area contributed by atoms with E-state index in [4.69, 9.17) is 20.2 Å². The third-order valence-corrected chi connectivity index (χ3v) is 7.38. The topological polar surface area (TPSA) is 119 Å². The Morgan fingerprint density at radius 1 is 1.05 bits per heavy atom. The minimum Gasteiger partial charge on any atom is -0.478 e. The highest BCUT2D eigenvalue weighted by Crippen LogP contribution is 2.29. The Hall–Kier alpha value is -3.73. The molecular weight excluding hydrogens is 532 g/mol. The quantitative estimate of drug-likeness (QED) is 0.187. The van der Waals surface area contributed by atoms with Gasteiger partial charge >= 0.3 is 5.97 Å². The SMILES string of the molecule is COCCc1nc2c(N)nc3ccccc3c2n1CCCCN(CCN(C)C)Cc1cccc(OC(C)(C)C(=O)O)c1. The van der Waals surface area contributed by atoms with Crippen molar-refractivity contribution in [3.05, 3.63) is 59.9 Å². The van der Waals surface area contributed by atoms with Crippen molar-refractivity contribution >= 4 is 33.7 Å². The highest BCUT2D eigenvalue weighted by molar-refractivity contribution is 6.06. The molecule has 226 valence electrons. The minimum absolute atomic E-state index is 0.453. The average molecular weight is 577 g/mol. The minimum atomic E-state index is -1.30. The summed E-state index contributed by atoms with van der Waals surface area (Å²) in [6.45, 7) is 8.04. The zero-order valence-corrected chi connectivity index (χ0v) is 25.5. The maximum atomic E-state index is 11.5. The van der Waals surface area contributed by atoms with Gasteiger partial charge in [-0.1, -0.05) is 30.3 Å². The summed E-state index contributed by atoms with van der Waals surface area (Å²) in [5.74, 6) is 0.976. The predicted molar refractivity (Wildman–Crippen MR) is 167 cm³/mol. The molecule has 0 bridgehead atoms. The molecule has 2 aromatic carbocycles. The van der Waals surface area contributed by atoms with Gasteiger partial charge < -0.3 is 29.8 Å². The fraction of sp³-hybridized carbons (Fsp3) is 0.469. The van der Waals surface area contributed by atoms with Gasteiger partial charge in [0.1, 0.15) is 17.1 Å². The summed E-state index contributed by atoms with van der Waals surface area (Å²) in [7, 11) is 5.86. The van der Waals surface area contributed by atoms with Crippen molar-refractivity contribution in [2.45, 2.75) is 51.8 Å². The van der Waals surface area contributed by atoms with Crippen LogP contribution in [0.4, 0.5) is 5.82 Å². The van der Waals surface area contributed by atoms with Crippen molar-refractivity contribution in [1.29, 1.82) is 0 Å². The number of hydrogen-bond acceptors (Lipinski definition) is 8. The Labute approximate surface area is 248 Å². The van der Waals surface area contributed by atoms with Gasteiger partial charge in [-0.2, -0.15) is 0 Å². The van der Waals surface area contributed by atoms with E-state index in [0.717, 1.165) is 78.9 Å². The van der Waals surface area contributed by atoms with Crippen molar-refractivity contribution in [1.82, 2.24) is 24.3 Å². The number of benzene rings is 2. The maximum absolute atomic E-state index is 11.5. The first-order chi connectivity index (χ1) is 20.1. The molecule has 0 amide bonds. The number of likely N-dealkylation sites (N-methyl/N-ethyl adjacent to an activating group) is 1. The first-order valence-corrected chi connectivity index (χ1v) is 14.5. The normalized spacial score (nSPS) is 12.2. The predicted octanol–water partition coefficient (Wildman–Crippen LogP) is 4.44. The van der Waals surface area contributed by atoms with Gasteiger partial charge in [0.2, 0.25) is 0 Å². The van der Waals surface area contributed by atoms with E-state index < -0.39 is 11.6 Å². The summed E-state index contributed by atoms with van der Waals surface area (Å²) < 4.78 is 13.4. The summed E-state index contributed by atoms with van der Waals surface area (Å²) in [5.41, 5.74) is 8.80. The van der Waals surface area contributed by atoms with Crippen molar-refractivity contribution in [2.24, 2.45) is 0 Å². The van der Waals surface area contributed by atoms with Crippen LogP contribution in [0.2, 0.25) is 0 Å². The largest absolute Gasteiger partial charge is 0.478 e. The molecule has 0 fully saturated rings. The molecular formula is C32H44N6O4. The van der Waals surface area contributed by atoms with E-state index in [-0.39, 0.29) is 0 Å². The molecule has 4 rings (SSSR count). The Morgan fingerprint density at radius 3 is 2.57 bits per heavy atom. The molecule has 0 spiro atoms. The van der Waals surface area contributed by atoms with Crippen LogP contribution in [0.25, 0.3) is 21.9 Å². The number of fused-ring (bicyclic) bond motifs is 3. The number of carboxylic acids is 1. The number of pyridine rings is 1. The van der Waals surface area contributed by atoms with Gasteiger partial charge in [-0.05, 0) is 71.1 Å². The molecule has 0 saturated heterocycles. The van der Waals surface area contributed by atoms with E-state index in [2.05, 4.69) is 45.6 Å². The van der Waals surface area contributed by atoms with Gasteiger partial charge in [-0.3, -0.25) is 4.90 Å². The lowest BCUT2D eigenvalue weighted by atomic mass is 10.1. The number of imidazole rings is 1. The van der Waals surface area contributed by atoms with Crippen LogP contribution in [-0.4, -0.2) is 88.5 Å². The number of nitrogens with zero attached hydrogens (tertiary/aromatic N) is 5. The Bertz CT molecular complexity index is 1500. The zero-order chi connectivity index (χ0) is 30.3. The first kappa shape index (κ1) is 31.2. The van der Waals surface area contributed by atoms with Gasteiger partial charge in [0.05, 0.1) is 17.6 Å². The number of aryl methyl sites for hydroxylation is 1. The van der Waals surface area contributed by atoms with Crippen LogP contribution in [0, 0.1) is 0 Å². The van der Waals surface area contributed by atoms with Crippen LogP contribution in [-0.2, 0) is 29.0 Å². The van der Waals surface area contributed by atoms with Crippen LogP contribution in [0.1, 0.15) is 38.1 Å². The Morgan fingerprint density at radius 2 is 1.83 bits per heavy atom. The van der Waals surface area contributed by atoms with Gasteiger partial charge in [-0.25, -0.2) is 14.8 Å². The van der Waals surface area contributed by atoms with E-state index in [1.807, 2.05) is 30.3 Å². The molecule has 10 heteroatoms. The van der Waals surface area contributed by atoms with E-state index in [0.29, 0.717) is 24.6 Å². The second kappa shape index (κ2) is 14.0. The number of nitrogens with two attached hydrogens (primary N) is 1. The fourth-order valence-corrected chi connectivity index (χ4v) is 5.05.